The number of carbonyl (C=O) groups is 1. The number of amides is 1. The topological polar surface area (TPSA) is 109 Å². The standard InChI is InChI=1S/C16H16N4O4/c21-14-9-11(3-5-13(14)20(23)24)16(22)18-12-4-6-15(17-10-12)19-7-1-2-8-19/h3-6,9-10,21H,1-2,7-8H2,(H,18,22). The third-order valence-electron chi connectivity index (χ3n) is 3.87. The summed E-state index contributed by atoms with van der Waals surface area (Å²) in [6.45, 7) is 1.97. The van der Waals surface area contributed by atoms with E-state index in [0.717, 1.165) is 43.9 Å². The van der Waals surface area contributed by atoms with Crippen molar-refractivity contribution in [2.45, 2.75) is 12.8 Å². The third kappa shape index (κ3) is 3.27. The van der Waals surface area contributed by atoms with E-state index in [1.54, 1.807) is 12.3 Å². The van der Waals surface area contributed by atoms with E-state index in [4.69, 9.17) is 0 Å². The molecule has 1 aromatic carbocycles. The number of carbonyl (C=O) groups excluding carboxylic acids is 1. The molecule has 1 fully saturated rings. The number of phenols is 1. The molecule has 1 aliphatic rings. The summed E-state index contributed by atoms with van der Waals surface area (Å²) in [6, 6.07) is 7.05. The predicted molar refractivity (Wildman–Crippen MR) is 88.4 cm³/mol. The number of anilines is 2. The second-order valence-corrected chi connectivity index (χ2v) is 5.51. The van der Waals surface area contributed by atoms with Crippen LogP contribution in [0.3, 0.4) is 0 Å². The van der Waals surface area contributed by atoms with E-state index in [1.807, 2.05) is 6.07 Å². The van der Waals surface area contributed by atoms with Crippen molar-refractivity contribution in [3.8, 4) is 5.75 Å². The Morgan fingerprint density at radius 3 is 2.58 bits per heavy atom. The number of pyridine rings is 1. The van der Waals surface area contributed by atoms with Gasteiger partial charge in [-0.1, -0.05) is 0 Å². The maximum absolute atomic E-state index is 12.2. The molecule has 1 amide bonds. The lowest BCUT2D eigenvalue weighted by molar-refractivity contribution is -0.385. The number of nitro groups is 1. The zero-order chi connectivity index (χ0) is 17.1. The molecule has 3 rings (SSSR count). The molecule has 0 unspecified atom stereocenters. The molecule has 0 radical (unpaired) electrons. The van der Waals surface area contributed by atoms with Crippen LogP contribution in [0.5, 0.6) is 5.75 Å². The molecule has 2 N–H and O–H groups in total. The molecule has 24 heavy (non-hydrogen) atoms. The summed E-state index contributed by atoms with van der Waals surface area (Å²) in [6.07, 6.45) is 3.88. The summed E-state index contributed by atoms with van der Waals surface area (Å²) in [5.41, 5.74) is 0.200. The number of nitrogens with one attached hydrogen (secondary N) is 1. The van der Waals surface area contributed by atoms with Crippen molar-refractivity contribution in [2.24, 2.45) is 0 Å². The Balaban J connectivity index is 1.70. The third-order valence-corrected chi connectivity index (χ3v) is 3.87. The van der Waals surface area contributed by atoms with E-state index in [0.29, 0.717) is 5.69 Å². The minimum atomic E-state index is -0.710. The van der Waals surface area contributed by atoms with Gasteiger partial charge in [0.1, 0.15) is 5.82 Å². The lowest BCUT2D eigenvalue weighted by atomic mass is 10.1. The number of phenolic OH excluding ortho intramolecular Hbond substituents is 1. The number of aromatic hydroxyl groups is 1. The van der Waals surface area contributed by atoms with Crippen molar-refractivity contribution in [3.63, 3.8) is 0 Å². The maximum atomic E-state index is 12.2. The normalized spacial score (nSPS) is 13.8. The lowest BCUT2D eigenvalue weighted by Crippen LogP contribution is -2.19. The van der Waals surface area contributed by atoms with Crippen LogP contribution >= 0.6 is 0 Å². The predicted octanol–water partition coefficient (Wildman–Crippen LogP) is 2.55. The van der Waals surface area contributed by atoms with Crippen LogP contribution in [0.4, 0.5) is 17.2 Å². The molecule has 8 nitrogen and oxygen atoms in total. The monoisotopic (exact) mass is 328 g/mol. The van der Waals surface area contributed by atoms with Gasteiger partial charge in [-0.05, 0) is 37.1 Å². The summed E-state index contributed by atoms with van der Waals surface area (Å²) < 4.78 is 0. The van der Waals surface area contributed by atoms with Crippen molar-refractivity contribution >= 4 is 23.1 Å². The first-order valence-corrected chi connectivity index (χ1v) is 7.54. The number of nitrogens with zero attached hydrogens (tertiary/aromatic N) is 3. The van der Waals surface area contributed by atoms with Crippen LogP contribution in [0, 0.1) is 10.1 Å². The molecule has 8 heteroatoms. The largest absolute Gasteiger partial charge is 0.502 e. The molecule has 124 valence electrons. The highest BCUT2D eigenvalue weighted by atomic mass is 16.6. The van der Waals surface area contributed by atoms with Gasteiger partial charge in [0, 0.05) is 24.7 Å². The summed E-state index contributed by atoms with van der Waals surface area (Å²) in [7, 11) is 0. The number of aromatic nitrogens is 1. The fraction of sp³-hybridized carbons (Fsp3) is 0.250. The average Bonchev–Trinajstić information content (AvgIpc) is 3.09. The van der Waals surface area contributed by atoms with Gasteiger partial charge in [-0.25, -0.2) is 4.98 Å². The number of benzene rings is 1. The van der Waals surface area contributed by atoms with Gasteiger partial charge in [0.2, 0.25) is 0 Å². The minimum absolute atomic E-state index is 0.127. The van der Waals surface area contributed by atoms with Crippen molar-refractivity contribution in [3.05, 3.63) is 52.2 Å². The fourth-order valence-corrected chi connectivity index (χ4v) is 2.62. The maximum Gasteiger partial charge on any atom is 0.310 e. The molecular formula is C16H16N4O4. The molecule has 2 heterocycles. The van der Waals surface area contributed by atoms with Gasteiger partial charge in [0.25, 0.3) is 5.91 Å². The molecule has 1 saturated heterocycles. The van der Waals surface area contributed by atoms with Crippen LogP contribution in [-0.2, 0) is 0 Å². The lowest BCUT2D eigenvalue weighted by Gasteiger charge is -2.16. The first-order chi connectivity index (χ1) is 11.5. The van der Waals surface area contributed by atoms with Crippen LogP contribution in [0.15, 0.2) is 36.5 Å². The van der Waals surface area contributed by atoms with Crippen LogP contribution < -0.4 is 10.2 Å². The summed E-state index contributed by atoms with van der Waals surface area (Å²) >= 11 is 0. The minimum Gasteiger partial charge on any atom is -0.502 e. The van der Waals surface area contributed by atoms with Gasteiger partial charge in [-0.15, -0.1) is 0 Å². The number of hydrogen-bond acceptors (Lipinski definition) is 6. The van der Waals surface area contributed by atoms with Gasteiger partial charge in [0.05, 0.1) is 16.8 Å². The number of rotatable bonds is 4. The van der Waals surface area contributed by atoms with E-state index in [9.17, 15) is 20.0 Å². The summed E-state index contributed by atoms with van der Waals surface area (Å²) in [5.74, 6) is -0.149. The van der Waals surface area contributed by atoms with Crippen LogP contribution in [0.1, 0.15) is 23.2 Å². The van der Waals surface area contributed by atoms with E-state index in [1.165, 1.54) is 6.07 Å². The second kappa shape index (κ2) is 6.53. The van der Waals surface area contributed by atoms with Crippen molar-refractivity contribution in [1.82, 2.24) is 4.98 Å². The van der Waals surface area contributed by atoms with E-state index in [-0.39, 0.29) is 5.56 Å². The molecule has 2 aromatic rings. The Bertz CT molecular complexity index is 770. The highest BCUT2D eigenvalue weighted by molar-refractivity contribution is 6.04. The van der Waals surface area contributed by atoms with Gasteiger partial charge in [-0.2, -0.15) is 0 Å². The van der Waals surface area contributed by atoms with E-state index in [2.05, 4.69) is 15.2 Å². The SMILES string of the molecule is O=C(Nc1ccc(N2CCCC2)nc1)c1ccc([N+](=O)[O-])c(O)c1. The molecule has 1 aliphatic heterocycles. The molecule has 0 bridgehead atoms. The van der Waals surface area contributed by atoms with Gasteiger partial charge in [0.15, 0.2) is 5.75 Å². The molecule has 0 aliphatic carbocycles. The van der Waals surface area contributed by atoms with Crippen LogP contribution in [0.25, 0.3) is 0 Å². The first-order valence-electron chi connectivity index (χ1n) is 7.54. The zero-order valence-electron chi connectivity index (χ0n) is 12.8. The first kappa shape index (κ1) is 15.7. The Kier molecular flexibility index (Phi) is 4.28. The highest BCUT2D eigenvalue weighted by Gasteiger charge is 2.17. The highest BCUT2D eigenvalue weighted by Crippen LogP contribution is 2.26. The fourth-order valence-electron chi connectivity index (χ4n) is 2.62. The Morgan fingerprint density at radius 2 is 2.00 bits per heavy atom. The molecule has 1 aromatic heterocycles. The summed E-state index contributed by atoms with van der Waals surface area (Å²) in [4.78, 5) is 28.6. The zero-order valence-corrected chi connectivity index (χ0v) is 12.8. The quantitative estimate of drug-likeness (QED) is 0.659. The van der Waals surface area contributed by atoms with Crippen LogP contribution in [0.2, 0.25) is 0 Å². The Morgan fingerprint density at radius 1 is 1.25 bits per heavy atom. The summed E-state index contributed by atoms with van der Waals surface area (Å²) in [5, 5.41) is 22.9. The van der Waals surface area contributed by atoms with Crippen molar-refractivity contribution < 1.29 is 14.8 Å². The molecule has 0 atom stereocenters. The van der Waals surface area contributed by atoms with Gasteiger partial charge in [-0.3, -0.25) is 14.9 Å². The molecular weight excluding hydrogens is 312 g/mol. The Hall–Kier alpha value is -3.16. The van der Waals surface area contributed by atoms with Crippen molar-refractivity contribution in [1.29, 1.82) is 0 Å². The van der Waals surface area contributed by atoms with Gasteiger partial charge >= 0.3 is 5.69 Å². The van der Waals surface area contributed by atoms with Gasteiger partial charge < -0.3 is 15.3 Å². The Labute approximate surface area is 137 Å². The molecule has 0 saturated carbocycles. The smallest absolute Gasteiger partial charge is 0.310 e. The van der Waals surface area contributed by atoms with E-state index < -0.39 is 22.3 Å². The van der Waals surface area contributed by atoms with Crippen molar-refractivity contribution in [2.75, 3.05) is 23.3 Å². The average molecular weight is 328 g/mol. The van der Waals surface area contributed by atoms with Crippen LogP contribution in [-0.4, -0.2) is 34.0 Å². The second-order valence-electron chi connectivity index (χ2n) is 5.51. The number of hydrogen-bond donors (Lipinski definition) is 2. The molecule has 0 spiro atoms. The number of nitro benzene ring substituents is 1. The van der Waals surface area contributed by atoms with E-state index >= 15 is 0 Å².